The molecule has 0 aliphatic carbocycles. The maximum atomic E-state index is 13.0. The molecule has 1 unspecified atom stereocenters. The molecule has 27 heavy (non-hydrogen) atoms. The summed E-state index contributed by atoms with van der Waals surface area (Å²) < 4.78 is 18.9. The predicted molar refractivity (Wildman–Crippen MR) is 106 cm³/mol. The number of aryl methyl sites for hydroxylation is 1. The molecule has 0 saturated carbocycles. The quantitative estimate of drug-likeness (QED) is 0.592. The highest BCUT2D eigenvalue weighted by Gasteiger charge is 2.22. The van der Waals surface area contributed by atoms with Gasteiger partial charge in [-0.25, -0.2) is 4.39 Å². The zero-order valence-electron chi connectivity index (χ0n) is 15.4. The van der Waals surface area contributed by atoms with Crippen LogP contribution in [-0.4, -0.2) is 36.5 Å². The monoisotopic (exact) mass is 390 g/mol. The molecular weight excluding hydrogens is 367 g/mol. The van der Waals surface area contributed by atoms with E-state index in [4.69, 9.17) is 22.1 Å². The third kappa shape index (κ3) is 5.28. The van der Waals surface area contributed by atoms with Gasteiger partial charge in [-0.05, 0) is 48.7 Å². The highest BCUT2D eigenvalue weighted by Crippen LogP contribution is 2.25. The van der Waals surface area contributed by atoms with Crippen molar-refractivity contribution in [3.8, 4) is 0 Å². The van der Waals surface area contributed by atoms with Crippen molar-refractivity contribution in [1.29, 1.82) is 0 Å². The average Bonchev–Trinajstić information content (AvgIpc) is 2.65. The summed E-state index contributed by atoms with van der Waals surface area (Å²) in [7, 11) is 0. The van der Waals surface area contributed by atoms with Gasteiger partial charge in [-0.2, -0.15) is 0 Å². The van der Waals surface area contributed by atoms with Crippen molar-refractivity contribution in [2.75, 3.05) is 25.4 Å². The molecule has 1 atom stereocenters. The fourth-order valence-corrected chi connectivity index (χ4v) is 3.54. The van der Waals surface area contributed by atoms with Gasteiger partial charge in [-0.15, -0.1) is 0 Å². The number of carbonyl (C=O) groups is 1. The van der Waals surface area contributed by atoms with Crippen LogP contribution in [0.4, 0.5) is 10.1 Å². The van der Waals surface area contributed by atoms with Crippen LogP contribution in [0.2, 0.25) is 5.02 Å². The molecule has 2 aromatic rings. The smallest absolute Gasteiger partial charge is 0.163 e. The van der Waals surface area contributed by atoms with Crippen LogP contribution in [-0.2, 0) is 11.3 Å². The van der Waals surface area contributed by atoms with Gasteiger partial charge in [-0.1, -0.05) is 23.7 Å². The van der Waals surface area contributed by atoms with E-state index in [-0.39, 0.29) is 17.7 Å². The van der Waals surface area contributed by atoms with Crippen molar-refractivity contribution in [1.82, 2.24) is 4.90 Å². The van der Waals surface area contributed by atoms with Crippen LogP contribution in [0.5, 0.6) is 0 Å². The van der Waals surface area contributed by atoms with Gasteiger partial charge in [0.1, 0.15) is 5.82 Å². The first-order chi connectivity index (χ1) is 12.9. The zero-order chi connectivity index (χ0) is 19.4. The number of rotatable bonds is 6. The number of ketones is 1. The Bertz CT molecular complexity index is 811. The second kappa shape index (κ2) is 8.83. The maximum Gasteiger partial charge on any atom is 0.163 e. The van der Waals surface area contributed by atoms with Gasteiger partial charge in [0.2, 0.25) is 0 Å². The fourth-order valence-electron chi connectivity index (χ4n) is 3.38. The number of carbonyl (C=O) groups excluding carboxylic acids is 1. The highest BCUT2D eigenvalue weighted by atomic mass is 35.5. The Morgan fingerprint density at radius 2 is 2.07 bits per heavy atom. The van der Waals surface area contributed by atoms with E-state index in [9.17, 15) is 9.18 Å². The van der Waals surface area contributed by atoms with Crippen LogP contribution >= 0.6 is 11.6 Å². The van der Waals surface area contributed by atoms with Gasteiger partial charge in [0.25, 0.3) is 0 Å². The number of nitrogens with zero attached hydrogens (tertiary/aromatic N) is 1. The molecule has 1 fully saturated rings. The normalized spacial score (nSPS) is 17.8. The summed E-state index contributed by atoms with van der Waals surface area (Å²) >= 11 is 6.05. The average molecular weight is 391 g/mol. The van der Waals surface area contributed by atoms with Crippen LogP contribution in [0.15, 0.2) is 36.4 Å². The van der Waals surface area contributed by atoms with Crippen LogP contribution in [0.3, 0.4) is 0 Å². The Morgan fingerprint density at radius 3 is 2.81 bits per heavy atom. The van der Waals surface area contributed by atoms with E-state index >= 15 is 0 Å². The number of Topliss-reactive ketones (excluding diaryl/α,β-unsaturated/α-hetero) is 1. The zero-order valence-corrected chi connectivity index (χ0v) is 16.1. The molecule has 0 spiro atoms. The van der Waals surface area contributed by atoms with Gasteiger partial charge in [0, 0.05) is 31.6 Å². The van der Waals surface area contributed by atoms with E-state index in [1.54, 1.807) is 24.3 Å². The Kier molecular flexibility index (Phi) is 6.47. The van der Waals surface area contributed by atoms with Gasteiger partial charge in [0.05, 0.1) is 23.4 Å². The largest absolute Gasteiger partial charge is 0.398 e. The molecule has 1 heterocycles. The summed E-state index contributed by atoms with van der Waals surface area (Å²) in [6.07, 6.45) is 1.06. The number of nitrogen functional groups attached to an aromatic ring is 1. The van der Waals surface area contributed by atoms with Gasteiger partial charge in [0.15, 0.2) is 5.78 Å². The first-order valence-electron chi connectivity index (χ1n) is 9.09. The minimum Gasteiger partial charge on any atom is -0.398 e. The fraction of sp³-hybridized carbons (Fsp3) is 0.381. The number of hydrogen-bond acceptors (Lipinski definition) is 4. The molecule has 1 aliphatic heterocycles. The van der Waals surface area contributed by atoms with E-state index < -0.39 is 0 Å². The summed E-state index contributed by atoms with van der Waals surface area (Å²) in [5.41, 5.74) is 8.79. The molecule has 0 amide bonds. The van der Waals surface area contributed by atoms with Gasteiger partial charge < -0.3 is 10.5 Å². The van der Waals surface area contributed by atoms with Gasteiger partial charge >= 0.3 is 0 Å². The van der Waals surface area contributed by atoms with Crippen LogP contribution < -0.4 is 5.73 Å². The molecule has 0 radical (unpaired) electrons. The lowest BCUT2D eigenvalue weighted by Crippen LogP contribution is -2.42. The molecule has 2 aromatic carbocycles. The third-order valence-electron chi connectivity index (χ3n) is 4.88. The van der Waals surface area contributed by atoms with Crippen molar-refractivity contribution >= 4 is 23.1 Å². The topological polar surface area (TPSA) is 55.6 Å². The first-order valence-corrected chi connectivity index (χ1v) is 9.47. The Hall–Kier alpha value is -1.95. The molecule has 1 saturated heterocycles. The number of halogens is 2. The molecular formula is C21H24ClFN2O2. The van der Waals surface area contributed by atoms with Crippen molar-refractivity contribution < 1.29 is 13.9 Å². The lowest BCUT2D eigenvalue weighted by Gasteiger charge is -2.33. The van der Waals surface area contributed by atoms with Crippen molar-refractivity contribution in [3.63, 3.8) is 0 Å². The van der Waals surface area contributed by atoms with Crippen LogP contribution in [0.1, 0.15) is 34.3 Å². The SMILES string of the molecule is Cc1cc(N)c(Cl)cc1C(=O)CCC1CN(Cc2ccc(F)cc2)CCO1. The second-order valence-corrected chi connectivity index (χ2v) is 7.41. The number of morpholine rings is 1. The number of benzene rings is 2. The predicted octanol–water partition coefficient (Wildman–Crippen LogP) is 4.23. The molecule has 144 valence electrons. The summed E-state index contributed by atoms with van der Waals surface area (Å²) in [6, 6.07) is 9.94. The lowest BCUT2D eigenvalue weighted by atomic mass is 9.99. The first kappa shape index (κ1) is 19.8. The third-order valence-corrected chi connectivity index (χ3v) is 5.21. The van der Waals surface area contributed by atoms with Crippen LogP contribution in [0, 0.1) is 12.7 Å². The number of hydrogen-bond donors (Lipinski definition) is 1. The summed E-state index contributed by atoms with van der Waals surface area (Å²) in [4.78, 5) is 14.8. The maximum absolute atomic E-state index is 13.0. The Morgan fingerprint density at radius 1 is 1.33 bits per heavy atom. The molecule has 2 N–H and O–H groups in total. The highest BCUT2D eigenvalue weighted by molar-refractivity contribution is 6.33. The number of anilines is 1. The summed E-state index contributed by atoms with van der Waals surface area (Å²) in [5, 5.41) is 0.406. The number of ether oxygens (including phenoxy) is 1. The molecule has 4 nitrogen and oxygen atoms in total. The van der Waals surface area contributed by atoms with Crippen molar-refractivity contribution in [2.24, 2.45) is 0 Å². The molecule has 0 bridgehead atoms. The van der Waals surface area contributed by atoms with Crippen molar-refractivity contribution in [3.05, 3.63) is 63.9 Å². The Balaban J connectivity index is 1.54. The molecule has 0 aromatic heterocycles. The van der Waals surface area contributed by atoms with Crippen molar-refractivity contribution in [2.45, 2.75) is 32.4 Å². The molecule has 1 aliphatic rings. The van der Waals surface area contributed by atoms with E-state index in [1.807, 2.05) is 6.92 Å². The summed E-state index contributed by atoms with van der Waals surface area (Å²) in [6.45, 7) is 4.83. The molecule has 6 heteroatoms. The minimum absolute atomic E-state index is 0.00714. The van der Waals surface area contributed by atoms with E-state index in [2.05, 4.69) is 4.90 Å². The summed E-state index contributed by atoms with van der Waals surface area (Å²) in [5.74, 6) is -0.177. The number of nitrogens with two attached hydrogens (primary N) is 1. The Labute approximate surface area is 164 Å². The lowest BCUT2D eigenvalue weighted by molar-refractivity contribution is -0.0348. The van der Waals surface area contributed by atoms with Gasteiger partial charge in [-0.3, -0.25) is 9.69 Å². The van der Waals surface area contributed by atoms with E-state index in [0.29, 0.717) is 35.7 Å². The second-order valence-electron chi connectivity index (χ2n) is 7.00. The van der Waals surface area contributed by atoms with Crippen LogP contribution in [0.25, 0.3) is 0 Å². The standard InChI is InChI=1S/C21H24ClFN2O2/c1-14-10-20(24)19(22)11-18(14)21(26)7-6-17-13-25(8-9-27-17)12-15-2-4-16(23)5-3-15/h2-5,10-11,17H,6-9,12-13,24H2,1H3. The minimum atomic E-state index is -0.227. The van der Waals surface area contributed by atoms with E-state index in [1.165, 1.54) is 12.1 Å². The molecule has 3 rings (SSSR count). The van der Waals surface area contributed by atoms with E-state index in [0.717, 1.165) is 30.8 Å².